The first-order valence-corrected chi connectivity index (χ1v) is 23.0. The molecule has 17 heteroatoms. The second kappa shape index (κ2) is 18.5. The molecule has 4 fully saturated rings. The number of amides is 6. The molecule has 0 bridgehead atoms. The number of nitrogens with zero attached hydrogens (tertiary/aromatic N) is 7. The van der Waals surface area contributed by atoms with Crippen molar-refractivity contribution in [3.63, 3.8) is 0 Å². The van der Waals surface area contributed by atoms with Gasteiger partial charge in [-0.25, -0.2) is 15.0 Å². The molecular weight excluding hydrogens is 841 g/mol. The molecule has 3 aromatic carbocycles. The molecule has 66 heavy (non-hydrogen) atoms. The maximum Gasteiger partial charge on any atom is 0.262 e. The summed E-state index contributed by atoms with van der Waals surface area (Å²) >= 11 is 0. The van der Waals surface area contributed by atoms with E-state index in [1.807, 2.05) is 41.6 Å². The molecule has 4 aliphatic heterocycles. The second-order valence-corrected chi connectivity index (χ2v) is 18.2. The first-order chi connectivity index (χ1) is 32.1. The van der Waals surface area contributed by atoms with E-state index in [0.717, 1.165) is 80.0 Å². The Morgan fingerprint density at radius 2 is 1.56 bits per heavy atom. The summed E-state index contributed by atoms with van der Waals surface area (Å²) in [6.07, 6.45) is 9.56. The van der Waals surface area contributed by atoms with Crippen molar-refractivity contribution in [2.45, 2.75) is 81.8 Å². The normalized spacial score (nSPS) is 21.7. The van der Waals surface area contributed by atoms with Gasteiger partial charge in [0.2, 0.25) is 17.7 Å². The van der Waals surface area contributed by atoms with Crippen LogP contribution >= 0.6 is 0 Å². The predicted molar refractivity (Wildman–Crippen MR) is 242 cm³/mol. The Kier molecular flexibility index (Phi) is 12.0. The molecule has 340 valence electrons. The van der Waals surface area contributed by atoms with E-state index in [9.17, 15) is 28.8 Å². The number of benzene rings is 3. The maximum absolute atomic E-state index is 13.2. The minimum atomic E-state index is -1.05. The highest BCUT2D eigenvalue weighted by Gasteiger charge is 2.45. The highest BCUT2D eigenvalue weighted by atomic mass is 16.5. The van der Waals surface area contributed by atoms with E-state index in [4.69, 9.17) is 4.74 Å². The van der Waals surface area contributed by atoms with E-state index in [-0.39, 0.29) is 60.2 Å². The Morgan fingerprint density at radius 1 is 0.803 bits per heavy atom. The molecule has 1 unspecified atom stereocenters. The third-order valence-corrected chi connectivity index (χ3v) is 13.9. The number of nitrogens with one attached hydrogen (secondary N) is 3. The van der Waals surface area contributed by atoms with Gasteiger partial charge in [-0.3, -0.25) is 39.0 Å². The first-order valence-electron chi connectivity index (χ1n) is 23.0. The topological polar surface area (TPSA) is 201 Å². The van der Waals surface area contributed by atoms with Gasteiger partial charge in [0.25, 0.3) is 17.7 Å². The average Bonchev–Trinajstić information content (AvgIpc) is 3.85. The Hall–Kier alpha value is -7.01. The molecule has 1 atom stereocenters. The smallest absolute Gasteiger partial charge is 0.262 e. The van der Waals surface area contributed by atoms with E-state index in [1.165, 1.54) is 17.7 Å². The number of piperidine rings is 3. The van der Waals surface area contributed by atoms with Crippen LogP contribution in [0.15, 0.2) is 85.5 Å². The monoisotopic (exact) mass is 892 g/mol. The maximum atomic E-state index is 13.2. The molecule has 2 aromatic heterocycles. The third-order valence-electron chi connectivity index (χ3n) is 13.9. The van der Waals surface area contributed by atoms with Crippen LogP contribution in [0.3, 0.4) is 0 Å². The molecule has 0 radical (unpaired) electrons. The van der Waals surface area contributed by atoms with Gasteiger partial charge in [-0.2, -0.15) is 0 Å². The lowest BCUT2D eigenvalue weighted by Crippen LogP contribution is -2.54. The lowest BCUT2D eigenvalue weighted by Gasteiger charge is -2.37. The summed E-state index contributed by atoms with van der Waals surface area (Å²) in [5, 5.41) is 8.82. The van der Waals surface area contributed by atoms with E-state index in [2.05, 4.69) is 64.6 Å². The predicted octanol–water partition coefficient (Wildman–Crippen LogP) is 4.53. The second-order valence-electron chi connectivity index (χ2n) is 18.2. The molecule has 6 amide bonds. The van der Waals surface area contributed by atoms with Crippen LogP contribution in [0.5, 0.6) is 5.75 Å². The van der Waals surface area contributed by atoms with Crippen molar-refractivity contribution in [2.24, 2.45) is 5.92 Å². The standard InChI is InChI=1S/C49H52N10O7/c60-41-13-12-40(47(63)55-41)59-48(64)38-11-10-37(25-39(38)49(59)65)66-27-43(62)57-20-14-31(15-21-57)26-56-18-16-33(17-19-56)32-6-8-34(9-7-32)54-45-44-46(51-28-50-45)58(29-52-44)36-23-35(24-36)53-42(61)22-30-4-2-1-3-5-30/h1-11,25,28-29,31,33,35-36,40H,12-24,26-27H2,(H,53,61)(H,50,51,54)(H,55,60,63). The SMILES string of the molecule is O=C1CCC(N2C(=O)c3ccc(OCC(=O)N4CCC(CN5CCC(c6ccc(Nc7ncnc8c7ncn8C7CC(NC(=O)Cc8ccccc8)C7)cc6)CC5)CC4)cc3C2=O)C(=O)N1. The van der Waals surface area contributed by atoms with E-state index < -0.39 is 29.7 Å². The number of carbonyl (C=O) groups excluding carboxylic acids is 6. The van der Waals surface area contributed by atoms with Gasteiger partial charge in [0.05, 0.1) is 23.9 Å². The number of fused-ring (bicyclic) bond motifs is 2. The van der Waals surface area contributed by atoms with Crippen LogP contribution < -0.4 is 20.7 Å². The zero-order valence-electron chi connectivity index (χ0n) is 36.6. The fourth-order valence-corrected chi connectivity index (χ4v) is 10.1. The fraction of sp³-hybridized carbons (Fsp3) is 0.408. The quantitative estimate of drug-likeness (QED) is 0.140. The van der Waals surface area contributed by atoms with Gasteiger partial charge in [0.15, 0.2) is 23.6 Å². The molecular formula is C49H52N10O7. The summed E-state index contributed by atoms with van der Waals surface area (Å²) in [4.78, 5) is 95.0. The number of aromatic nitrogens is 4. The van der Waals surface area contributed by atoms with Crippen molar-refractivity contribution in [3.8, 4) is 5.75 Å². The van der Waals surface area contributed by atoms with E-state index in [0.29, 0.717) is 42.7 Å². The Balaban J connectivity index is 0.643. The molecule has 1 aliphatic carbocycles. The highest BCUT2D eigenvalue weighted by Crippen LogP contribution is 2.36. The average molecular weight is 893 g/mol. The lowest BCUT2D eigenvalue weighted by atomic mass is 9.86. The van der Waals surface area contributed by atoms with Gasteiger partial charge in [0, 0.05) is 43.8 Å². The van der Waals surface area contributed by atoms with Crippen LogP contribution in [0.25, 0.3) is 11.2 Å². The molecule has 10 rings (SSSR count). The van der Waals surface area contributed by atoms with E-state index in [1.54, 1.807) is 12.4 Å². The molecule has 1 saturated carbocycles. The van der Waals surface area contributed by atoms with Gasteiger partial charge in [-0.1, -0.05) is 42.5 Å². The zero-order chi connectivity index (χ0) is 45.3. The minimum Gasteiger partial charge on any atom is -0.484 e. The number of imide groups is 2. The Labute approximate surface area is 381 Å². The third kappa shape index (κ3) is 8.99. The van der Waals surface area contributed by atoms with E-state index >= 15 is 0 Å². The van der Waals surface area contributed by atoms with Crippen LogP contribution in [-0.2, 0) is 25.6 Å². The molecule has 3 N–H and O–H groups in total. The number of likely N-dealkylation sites (tertiary alicyclic amines) is 2. The van der Waals surface area contributed by atoms with Gasteiger partial charge >= 0.3 is 0 Å². The van der Waals surface area contributed by atoms with Crippen molar-refractivity contribution in [1.82, 2.24) is 44.9 Å². The van der Waals surface area contributed by atoms with Crippen LogP contribution in [0.4, 0.5) is 11.5 Å². The molecule has 5 aromatic rings. The minimum absolute atomic E-state index is 0.0411. The van der Waals surface area contributed by atoms with Crippen molar-refractivity contribution in [1.29, 1.82) is 0 Å². The Morgan fingerprint density at radius 3 is 2.32 bits per heavy atom. The van der Waals surface area contributed by atoms with Gasteiger partial charge in [-0.05, 0) is 111 Å². The summed E-state index contributed by atoms with van der Waals surface area (Å²) in [7, 11) is 0. The number of ether oxygens (including phenoxy) is 1. The number of anilines is 2. The van der Waals surface area contributed by atoms with Crippen LogP contribution in [-0.4, -0.2) is 121 Å². The summed E-state index contributed by atoms with van der Waals surface area (Å²) < 4.78 is 7.89. The summed E-state index contributed by atoms with van der Waals surface area (Å²) in [6.45, 7) is 4.19. The molecule has 6 heterocycles. The van der Waals surface area contributed by atoms with Gasteiger partial charge in [0.1, 0.15) is 18.1 Å². The van der Waals surface area contributed by atoms with Crippen molar-refractivity contribution in [3.05, 3.63) is 108 Å². The number of hydrogen-bond donors (Lipinski definition) is 3. The van der Waals surface area contributed by atoms with Crippen LogP contribution in [0.2, 0.25) is 0 Å². The van der Waals surface area contributed by atoms with Crippen molar-refractivity contribution >= 4 is 58.1 Å². The number of imidazole rings is 1. The first kappa shape index (κ1) is 42.9. The largest absolute Gasteiger partial charge is 0.484 e. The number of carbonyl (C=O) groups is 6. The van der Waals surface area contributed by atoms with Gasteiger partial charge in [-0.15, -0.1) is 0 Å². The van der Waals surface area contributed by atoms with Crippen molar-refractivity contribution in [2.75, 3.05) is 44.6 Å². The molecule has 5 aliphatic rings. The van der Waals surface area contributed by atoms with Crippen molar-refractivity contribution < 1.29 is 33.5 Å². The fourth-order valence-electron chi connectivity index (χ4n) is 10.1. The molecule has 17 nitrogen and oxygen atoms in total. The van der Waals surface area contributed by atoms with Crippen LogP contribution in [0.1, 0.15) is 95.2 Å². The Bertz CT molecular complexity index is 2670. The zero-order valence-corrected chi connectivity index (χ0v) is 36.6. The summed E-state index contributed by atoms with van der Waals surface area (Å²) in [5.41, 5.74) is 5.03. The van der Waals surface area contributed by atoms with Gasteiger partial charge < -0.3 is 29.7 Å². The number of rotatable bonds is 13. The lowest BCUT2D eigenvalue weighted by molar-refractivity contribution is -0.136. The summed E-state index contributed by atoms with van der Waals surface area (Å²) in [6, 6.07) is 22.2. The molecule has 3 saturated heterocycles. The highest BCUT2D eigenvalue weighted by molar-refractivity contribution is 6.23. The molecule has 0 spiro atoms. The van der Waals surface area contributed by atoms with Crippen LogP contribution in [0, 0.1) is 5.92 Å². The summed E-state index contributed by atoms with van der Waals surface area (Å²) in [5.74, 6) is -0.460. The number of hydrogen-bond acceptors (Lipinski definition) is 12.